The Morgan fingerprint density at radius 1 is 1.07 bits per heavy atom. The Morgan fingerprint density at radius 3 is 1.64 bits per heavy atom. The van der Waals surface area contributed by atoms with Crippen molar-refractivity contribution in [2.45, 2.75) is 12.8 Å². The molecule has 0 fully saturated rings. The average Bonchev–Trinajstić information content (AvgIpc) is 2.16. The van der Waals surface area contributed by atoms with E-state index in [0.717, 1.165) is 0 Å². The zero-order chi connectivity index (χ0) is 11.1. The molecule has 0 unspecified atom stereocenters. The molecule has 0 radical (unpaired) electrons. The molecule has 14 heavy (non-hydrogen) atoms. The number of hydrogen-bond donors (Lipinski definition) is 1. The lowest BCUT2D eigenvalue weighted by molar-refractivity contribution is -0.147. The first-order valence-electron chi connectivity index (χ1n) is 3.94. The van der Waals surface area contributed by atoms with E-state index in [4.69, 9.17) is 5.73 Å². The molecule has 0 aliphatic rings. The van der Waals surface area contributed by atoms with Gasteiger partial charge >= 0.3 is 11.9 Å². The second-order valence-corrected chi connectivity index (χ2v) is 2.66. The van der Waals surface area contributed by atoms with Crippen LogP contribution in [0, 0.1) is 5.92 Å². The third-order valence-corrected chi connectivity index (χ3v) is 1.68. The predicted molar refractivity (Wildman–Crippen MR) is 46.0 cm³/mol. The molecule has 0 aliphatic carbocycles. The summed E-state index contributed by atoms with van der Waals surface area (Å²) in [6.45, 7) is 0. The van der Waals surface area contributed by atoms with Gasteiger partial charge in [-0.15, -0.1) is 0 Å². The average molecular weight is 203 g/mol. The lowest BCUT2D eigenvalue weighted by atomic mass is 10.0. The van der Waals surface area contributed by atoms with Crippen molar-refractivity contribution < 1.29 is 23.9 Å². The summed E-state index contributed by atoms with van der Waals surface area (Å²) in [7, 11) is 2.39. The monoisotopic (exact) mass is 203 g/mol. The van der Waals surface area contributed by atoms with Gasteiger partial charge in [-0.05, 0) is 0 Å². The zero-order valence-electron chi connectivity index (χ0n) is 8.11. The van der Waals surface area contributed by atoms with Crippen LogP contribution < -0.4 is 5.73 Å². The van der Waals surface area contributed by atoms with Gasteiger partial charge in [0.2, 0.25) is 5.91 Å². The third-order valence-electron chi connectivity index (χ3n) is 1.68. The molecule has 0 atom stereocenters. The Kier molecular flexibility index (Phi) is 5.28. The maximum Gasteiger partial charge on any atom is 0.306 e. The van der Waals surface area contributed by atoms with E-state index >= 15 is 0 Å². The first-order valence-corrected chi connectivity index (χ1v) is 3.94. The minimum atomic E-state index is -0.866. The van der Waals surface area contributed by atoms with E-state index in [0.29, 0.717) is 0 Å². The van der Waals surface area contributed by atoms with E-state index in [1.807, 2.05) is 0 Å². The molecule has 0 rings (SSSR count). The van der Waals surface area contributed by atoms with Crippen molar-refractivity contribution in [1.82, 2.24) is 0 Å². The van der Waals surface area contributed by atoms with Gasteiger partial charge in [-0.2, -0.15) is 0 Å². The van der Waals surface area contributed by atoms with Crippen molar-refractivity contribution in [3.05, 3.63) is 0 Å². The van der Waals surface area contributed by atoms with Gasteiger partial charge in [0.05, 0.1) is 33.0 Å². The third kappa shape index (κ3) is 4.44. The van der Waals surface area contributed by atoms with Crippen molar-refractivity contribution >= 4 is 17.8 Å². The zero-order valence-corrected chi connectivity index (χ0v) is 8.11. The van der Waals surface area contributed by atoms with Crippen molar-refractivity contribution in [3.63, 3.8) is 0 Å². The number of methoxy groups -OCH3 is 2. The molecule has 2 N–H and O–H groups in total. The van der Waals surface area contributed by atoms with E-state index in [1.54, 1.807) is 0 Å². The molecular formula is C8H13NO5. The smallest absolute Gasteiger partial charge is 0.306 e. The van der Waals surface area contributed by atoms with Gasteiger partial charge in [-0.1, -0.05) is 0 Å². The maximum absolute atomic E-state index is 10.8. The summed E-state index contributed by atoms with van der Waals surface area (Å²) in [5.41, 5.74) is 4.99. The summed E-state index contributed by atoms with van der Waals surface area (Å²) in [5.74, 6) is -2.76. The summed E-state index contributed by atoms with van der Waals surface area (Å²) < 4.78 is 8.69. The SMILES string of the molecule is COC(=O)CC(CC(=O)OC)C(N)=O. The maximum atomic E-state index is 10.8. The molecule has 0 spiro atoms. The van der Waals surface area contributed by atoms with Crippen LogP contribution in [0.15, 0.2) is 0 Å². The van der Waals surface area contributed by atoms with Gasteiger partial charge in [-0.25, -0.2) is 0 Å². The molecule has 0 heterocycles. The molecule has 0 saturated heterocycles. The predicted octanol–water partition coefficient (Wildman–Crippen LogP) is -0.786. The Balaban J connectivity index is 4.23. The van der Waals surface area contributed by atoms with E-state index < -0.39 is 23.8 Å². The molecule has 0 aromatic rings. The first-order chi connectivity index (χ1) is 6.51. The Morgan fingerprint density at radius 2 is 1.43 bits per heavy atom. The summed E-state index contributed by atoms with van der Waals surface area (Å²) in [4.78, 5) is 32.4. The number of amides is 1. The summed E-state index contributed by atoms with van der Waals surface area (Å²) >= 11 is 0. The molecule has 0 aromatic heterocycles. The molecule has 0 bridgehead atoms. The topological polar surface area (TPSA) is 95.7 Å². The quantitative estimate of drug-likeness (QED) is 0.591. The molecule has 0 aliphatic heterocycles. The van der Waals surface area contributed by atoms with Gasteiger partial charge in [-0.3, -0.25) is 14.4 Å². The van der Waals surface area contributed by atoms with Crippen LogP contribution in [-0.4, -0.2) is 32.1 Å². The molecule has 1 amide bonds. The number of hydrogen-bond acceptors (Lipinski definition) is 5. The van der Waals surface area contributed by atoms with Gasteiger partial charge in [0, 0.05) is 0 Å². The number of carbonyl (C=O) groups excluding carboxylic acids is 3. The molecule has 6 nitrogen and oxygen atoms in total. The fourth-order valence-corrected chi connectivity index (χ4v) is 0.842. The lowest BCUT2D eigenvalue weighted by Gasteiger charge is -2.09. The number of esters is 2. The minimum Gasteiger partial charge on any atom is -0.469 e. The van der Waals surface area contributed by atoms with Gasteiger partial charge in [0.25, 0.3) is 0 Å². The highest BCUT2D eigenvalue weighted by Gasteiger charge is 2.23. The van der Waals surface area contributed by atoms with Crippen LogP contribution in [0.4, 0.5) is 0 Å². The fourth-order valence-electron chi connectivity index (χ4n) is 0.842. The first kappa shape index (κ1) is 12.4. The van der Waals surface area contributed by atoms with Gasteiger partial charge in [0.1, 0.15) is 0 Å². The second-order valence-electron chi connectivity index (χ2n) is 2.66. The van der Waals surface area contributed by atoms with Crippen LogP contribution in [0.1, 0.15) is 12.8 Å². The lowest BCUT2D eigenvalue weighted by Crippen LogP contribution is -2.28. The van der Waals surface area contributed by atoms with E-state index in [1.165, 1.54) is 14.2 Å². The van der Waals surface area contributed by atoms with Crippen LogP contribution in [0.25, 0.3) is 0 Å². The minimum absolute atomic E-state index is 0.207. The van der Waals surface area contributed by atoms with E-state index in [9.17, 15) is 14.4 Å². The van der Waals surface area contributed by atoms with Gasteiger partial charge < -0.3 is 15.2 Å². The number of ether oxygens (including phenoxy) is 2. The van der Waals surface area contributed by atoms with Crippen LogP contribution in [0.5, 0.6) is 0 Å². The molecule has 0 aromatic carbocycles. The highest BCUT2D eigenvalue weighted by Crippen LogP contribution is 2.09. The number of nitrogens with two attached hydrogens (primary N) is 1. The number of primary amides is 1. The summed E-state index contributed by atoms with van der Waals surface area (Å²) in [6.07, 6.45) is -0.415. The highest BCUT2D eigenvalue weighted by molar-refractivity contribution is 5.86. The van der Waals surface area contributed by atoms with E-state index in [-0.39, 0.29) is 12.8 Å². The summed E-state index contributed by atoms with van der Waals surface area (Å²) in [5, 5.41) is 0. The Bertz CT molecular complexity index is 220. The molecular weight excluding hydrogens is 190 g/mol. The van der Waals surface area contributed by atoms with Gasteiger partial charge in [0.15, 0.2) is 0 Å². The highest BCUT2D eigenvalue weighted by atomic mass is 16.5. The van der Waals surface area contributed by atoms with Crippen LogP contribution >= 0.6 is 0 Å². The molecule has 0 saturated carbocycles. The Hall–Kier alpha value is -1.59. The van der Waals surface area contributed by atoms with Crippen LogP contribution in [-0.2, 0) is 23.9 Å². The van der Waals surface area contributed by atoms with Crippen molar-refractivity contribution in [1.29, 1.82) is 0 Å². The van der Waals surface area contributed by atoms with Crippen LogP contribution in [0.3, 0.4) is 0 Å². The second kappa shape index (κ2) is 5.95. The van der Waals surface area contributed by atoms with E-state index in [2.05, 4.69) is 9.47 Å². The summed E-state index contributed by atoms with van der Waals surface area (Å²) in [6, 6.07) is 0. The normalized spacial score (nSPS) is 9.64. The molecule has 80 valence electrons. The fraction of sp³-hybridized carbons (Fsp3) is 0.625. The Labute approximate surface area is 81.3 Å². The number of carbonyl (C=O) groups is 3. The van der Waals surface area contributed by atoms with Crippen molar-refractivity contribution in [3.8, 4) is 0 Å². The molecule has 6 heteroatoms. The standard InChI is InChI=1S/C8H13NO5/c1-13-6(10)3-5(8(9)12)4-7(11)14-2/h5H,3-4H2,1-2H3,(H2,9,12). The van der Waals surface area contributed by atoms with Crippen molar-refractivity contribution in [2.24, 2.45) is 11.7 Å². The van der Waals surface area contributed by atoms with Crippen LogP contribution in [0.2, 0.25) is 0 Å². The number of rotatable bonds is 5. The largest absolute Gasteiger partial charge is 0.469 e. The van der Waals surface area contributed by atoms with Crippen molar-refractivity contribution in [2.75, 3.05) is 14.2 Å².